The summed E-state index contributed by atoms with van der Waals surface area (Å²) in [7, 11) is 0. The molecule has 8 heteroatoms. The van der Waals surface area contributed by atoms with Gasteiger partial charge in [-0.15, -0.1) is 0 Å². The van der Waals surface area contributed by atoms with E-state index in [1.807, 2.05) is 6.92 Å². The highest BCUT2D eigenvalue weighted by atomic mass is 32.2. The Labute approximate surface area is 132 Å². The van der Waals surface area contributed by atoms with E-state index in [1.165, 1.54) is 24.0 Å². The van der Waals surface area contributed by atoms with Gasteiger partial charge >= 0.3 is 12.0 Å². The molecular weight excluding hydrogens is 308 g/mol. The van der Waals surface area contributed by atoms with E-state index in [0.717, 1.165) is 5.56 Å². The summed E-state index contributed by atoms with van der Waals surface area (Å²) in [6, 6.07) is 1.75. The number of aromatic nitrogens is 1. The number of pyridine rings is 1. The molecule has 3 N–H and O–H groups in total. The van der Waals surface area contributed by atoms with Gasteiger partial charge in [-0.2, -0.15) is 16.2 Å². The predicted molar refractivity (Wildman–Crippen MR) is 83.2 cm³/mol. The minimum absolute atomic E-state index is 0.394. The fourth-order valence-corrected chi connectivity index (χ4v) is 2.52. The SMILES string of the molecule is CCCC(NC(=O)NCCSCc1ccnc([18F])c1)C(=O)O. The number of thioether (sulfide) groups is 1. The van der Waals surface area contributed by atoms with Crippen LogP contribution in [-0.4, -0.2) is 40.4 Å². The van der Waals surface area contributed by atoms with Crippen LogP contribution in [0.2, 0.25) is 0 Å². The normalized spacial score (nSPS) is 11.7. The number of carbonyl (C=O) groups is 2. The maximum absolute atomic E-state index is 12.9. The van der Waals surface area contributed by atoms with Crippen LogP contribution in [0, 0.1) is 5.95 Å². The summed E-state index contributed by atoms with van der Waals surface area (Å²) in [6.45, 7) is 2.26. The molecule has 0 aliphatic rings. The molecule has 0 aliphatic heterocycles. The van der Waals surface area contributed by atoms with E-state index in [9.17, 15) is 14.0 Å². The lowest BCUT2D eigenvalue weighted by molar-refractivity contribution is -0.139. The van der Waals surface area contributed by atoms with Gasteiger partial charge in [0, 0.05) is 24.2 Å². The van der Waals surface area contributed by atoms with Crippen molar-refractivity contribution in [2.75, 3.05) is 12.3 Å². The molecule has 0 aliphatic carbocycles. The minimum Gasteiger partial charge on any atom is -0.480 e. The first-order chi connectivity index (χ1) is 10.5. The Morgan fingerprint density at radius 2 is 2.27 bits per heavy atom. The molecule has 0 aromatic carbocycles. The molecule has 1 heterocycles. The highest BCUT2D eigenvalue weighted by Gasteiger charge is 2.18. The van der Waals surface area contributed by atoms with Crippen LogP contribution in [0.25, 0.3) is 0 Å². The predicted octanol–water partition coefficient (Wildman–Crippen LogP) is 2.01. The Morgan fingerprint density at radius 3 is 2.91 bits per heavy atom. The second kappa shape index (κ2) is 9.99. The lowest BCUT2D eigenvalue weighted by Gasteiger charge is -2.14. The molecular formula is C14H20FN3O3S. The number of aliphatic carboxylic acids is 1. The van der Waals surface area contributed by atoms with E-state index in [-0.39, 0.29) is 0 Å². The van der Waals surface area contributed by atoms with Crippen LogP contribution in [-0.2, 0) is 10.5 Å². The largest absolute Gasteiger partial charge is 0.480 e. The second-order valence-electron chi connectivity index (χ2n) is 4.62. The average molecular weight is 328 g/mol. The molecule has 1 rings (SSSR count). The number of hydrogen-bond donors (Lipinski definition) is 3. The summed E-state index contributed by atoms with van der Waals surface area (Å²) in [6.07, 6.45) is 2.48. The Kier molecular flexibility index (Phi) is 8.27. The molecule has 122 valence electrons. The highest BCUT2D eigenvalue weighted by molar-refractivity contribution is 7.98. The zero-order valence-electron chi connectivity index (χ0n) is 12.3. The van der Waals surface area contributed by atoms with E-state index in [1.54, 1.807) is 6.07 Å². The van der Waals surface area contributed by atoms with Crippen molar-refractivity contribution in [3.05, 3.63) is 29.8 Å². The van der Waals surface area contributed by atoms with E-state index >= 15 is 0 Å². The molecule has 0 radical (unpaired) electrons. The summed E-state index contributed by atoms with van der Waals surface area (Å²) >= 11 is 1.54. The number of carboxylic acid groups (broad SMARTS) is 1. The Hall–Kier alpha value is -1.83. The van der Waals surface area contributed by atoms with Gasteiger partial charge in [-0.05, 0) is 24.1 Å². The molecule has 0 spiro atoms. The number of nitrogens with one attached hydrogen (secondary N) is 2. The van der Waals surface area contributed by atoms with Crippen LogP contribution in [0.5, 0.6) is 0 Å². The molecule has 0 saturated carbocycles. The fourth-order valence-electron chi connectivity index (χ4n) is 1.71. The zero-order chi connectivity index (χ0) is 16.4. The quantitative estimate of drug-likeness (QED) is 0.476. The van der Waals surface area contributed by atoms with Crippen LogP contribution in [0.15, 0.2) is 18.3 Å². The molecule has 6 nitrogen and oxygen atoms in total. The molecule has 1 aromatic heterocycles. The van der Waals surface area contributed by atoms with Gasteiger partial charge in [-0.25, -0.2) is 14.6 Å². The molecule has 22 heavy (non-hydrogen) atoms. The standard InChI is InChI=1S/C14H20FN3O3S/c1-2-3-11(13(19)20)18-14(21)17-6-7-22-9-10-4-5-16-12(15)8-10/h4-5,8,11H,2-3,6-7,9H2,1H3,(H,19,20)(H2,17,18,21)/i15-1. The van der Waals surface area contributed by atoms with E-state index in [2.05, 4.69) is 15.6 Å². The Bertz CT molecular complexity index is 502. The summed E-state index contributed by atoms with van der Waals surface area (Å²) in [5.41, 5.74) is 0.829. The van der Waals surface area contributed by atoms with Crippen LogP contribution in [0.1, 0.15) is 25.3 Å². The van der Waals surface area contributed by atoms with Crippen molar-refractivity contribution in [2.24, 2.45) is 0 Å². The van der Waals surface area contributed by atoms with Gasteiger partial charge < -0.3 is 15.7 Å². The van der Waals surface area contributed by atoms with Gasteiger partial charge in [-0.1, -0.05) is 13.3 Å². The minimum atomic E-state index is -1.04. The van der Waals surface area contributed by atoms with Gasteiger partial charge in [0.05, 0.1) is 0 Å². The number of hydrogen-bond acceptors (Lipinski definition) is 4. The van der Waals surface area contributed by atoms with Crippen molar-refractivity contribution in [2.45, 2.75) is 31.6 Å². The second-order valence-corrected chi connectivity index (χ2v) is 5.72. The van der Waals surface area contributed by atoms with Crippen LogP contribution >= 0.6 is 11.8 Å². The number of carbonyl (C=O) groups excluding carboxylic acids is 1. The zero-order valence-corrected chi connectivity index (χ0v) is 13.2. The molecule has 0 bridgehead atoms. The third kappa shape index (κ3) is 7.26. The van der Waals surface area contributed by atoms with Gasteiger partial charge in [0.25, 0.3) is 0 Å². The monoisotopic (exact) mass is 328 g/mol. The topological polar surface area (TPSA) is 91.3 Å². The number of rotatable bonds is 9. The summed E-state index contributed by atoms with van der Waals surface area (Å²) in [4.78, 5) is 25.9. The van der Waals surface area contributed by atoms with Gasteiger partial charge in [-0.3, -0.25) is 0 Å². The van der Waals surface area contributed by atoms with Crippen molar-refractivity contribution >= 4 is 23.8 Å². The van der Waals surface area contributed by atoms with E-state index in [4.69, 9.17) is 5.11 Å². The lowest BCUT2D eigenvalue weighted by atomic mass is 10.2. The third-order valence-electron chi connectivity index (χ3n) is 2.77. The summed E-state index contributed by atoms with van der Waals surface area (Å²) < 4.78 is 12.9. The fraction of sp³-hybridized carbons (Fsp3) is 0.500. The van der Waals surface area contributed by atoms with Crippen molar-refractivity contribution in [1.29, 1.82) is 0 Å². The van der Waals surface area contributed by atoms with E-state index in [0.29, 0.717) is 30.9 Å². The number of carboxylic acids is 1. The van der Waals surface area contributed by atoms with E-state index < -0.39 is 24.0 Å². The third-order valence-corrected chi connectivity index (χ3v) is 3.80. The van der Waals surface area contributed by atoms with Crippen LogP contribution < -0.4 is 10.6 Å². The molecule has 2 amide bonds. The van der Waals surface area contributed by atoms with Crippen molar-refractivity contribution in [3.8, 4) is 0 Å². The van der Waals surface area contributed by atoms with Crippen LogP contribution in [0.3, 0.4) is 0 Å². The van der Waals surface area contributed by atoms with Gasteiger partial charge in [0.2, 0.25) is 5.95 Å². The van der Waals surface area contributed by atoms with Crippen molar-refractivity contribution in [3.63, 3.8) is 0 Å². The number of amides is 2. The first-order valence-electron chi connectivity index (χ1n) is 6.98. The lowest BCUT2D eigenvalue weighted by Crippen LogP contribution is -2.46. The highest BCUT2D eigenvalue weighted by Crippen LogP contribution is 2.11. The smallest absolute Gasteiger partial charge is 0.326 e. The first kappa shape index (κ1) is 18.2. The Balaban J connectivity index is 2.18. The molecule has 0 fully saturated rings. The molecule has 1 atom stereocenters. The summed E-state index contributed by atoms with van der Waals surface area (Å²) in [5, 5.41) is 13.9. The van der Waals surface area contributed by atoms with Gasteiger partial charge in [0.15, 0.2) is 0 Å². The molecule has 0 saturated heterocycles. The van der Waals surface area contributed by atoms with Crippen molar-refractivity contribution in [1.82, 2.24) is 15.6 Å². The maximum atomic E-state index is 12.9. The average Bonchev–Trinajstić information content (AvgIpc) is 2.46. The van der Waals surface area contributed by atoms with Crippen molar-refractivity contribution < 1.29 is 19.1 Å². The molecule has 1 unspecified atom stereocenters. The summed E-state index contributed by atoms with van der Waals surface area (Å²) in [5.74, 6) is -0.281. The van der Waals surface area contributed by atoms with Gasteiger partial charge in [0.1, 0.15) is 6.04 Å². The van der Waals surface area contributed by atoms with Crippen LogP contribution in [0.4, 0.5) is 9.18 Å². The molecule has 1 aromatic rings. The number of halogens is 1. The number of urea groups is 1. The Morgan fingerprint density at radius 1 is 1.50 bits per heavy atom. The maximum Gasteiger partial charge on any atom is 0.326 e. The first-order valence-corrected chi connectivity index (χ1v) is 8.13. The number of nitrogens with zero attached hydrogens (tertiary/aromatic N) is 1.